The summed E-state index contributed by atoms with van der Waals surface area (Å²) in [5.41, 5.74) is 3.73. The third-order valence-electron chi connectivity index (χ3n) is 4.32. The first-order valence-electron chi connectivity index (χ1n) is 7.54. The van der Waals surface area contributed by atoms with Crippen molar-refractivity contribution in [3.63, 3.8) is 0 Å². The van der Waals surface area contributed by atoms with E-state index in [2.05, 4.69) is 84.5 Å². The lowest BCUT2D eigenvalue weighted by atomic mass is 9.90. The first-order chi connectivity index (χ1) is 10.9. The van der Waals surface area contributed by atoms with Crippen LogP contribution in [0.3, 0.4) is 0 Å². The van der Waals surface area contributed by atoms with Crippen LogP contribution in [0.1, 0.15) is 17.0 Å². The highest BCUT2D eigenvalue weighted by molar-refractivity contribution is 5.86. The van der Waals surface area contributed by atoms with Crippen LogP contribution < -0.4 is 0 Å². The summed E-state index contributed by atoms with van der Waals surface area (Å²) in [4.78, 5) is 3.36. The second-order valence-corrected chi connectivity index (χ2v) is 5.61. The molecule has 106 valence electrons. The minimum absolute atomic E-state index is 0.195. The smallest absolute Gasteiger partial charge is 0.0457 e. The van der Waals surface area contributed by atoms with E-state index < -0.39 is 0 Å². The summed E-state index contributed by atoms with van der Waals surface area (Å²) in [5, 5.41) is 3.81. The molecule has 1 atom stereocenters. The Morgan fingerprint density at radius 1 is 0.864 bits per heavy atom. The topological polar surface area (TPSA) is 15.8 Å². The van der Waals surface area contributed by atoms with Crippen LogP contribution in [0.25, 0.3) is 21.7 Å². The molecule has 0 radical (unpaired) electrons. The first-order valence-corrected chi connectivity index (χ1v) is 7.54. The van der Waals surface area contributed by atoms with Gasteiger partial charge in [0.1, 0.15) is 0 Å². The molecule has 0 aliphatic carbocycles. The molecule has 0 aliphatic heterocycles. The van der Waals surface area contributed by atoms with Gasteiger partial charge in [0.15, 0.2) is 0 Å². The summed E-state index contributed by atoms with van der Waals surface area (Å²) in [6.07, 6.45) is 4.13. The van der Waals surface area contributed by atoms with Gasteiger partial charge in [0.25, 0.3) is 0 Å². The average Bonchev–Trinajstić information content (AvgIpc) is 3.00. The molecular formula is C21H17N. The fraction of sp³-hybridized carbons (Fsp3) is 0.0476. The van der Waals surface area contributed by atoms with Gasteiger partial charge in [0, 0.05) is 23.0 Å². The van der Waals surface area contributed by atoms with Crippen molar-refractivity contribution in [3.8, 4) is 0 Å². The summed E-state index contributed by atoms with van der Waals surface area (Å²) in [7, 11) is 0. The molecule has 0 saturated carbocycles. The number of fused-ring (bicyclic) bond motifs is 2. The van der Waals surface area contributed by atoms with Gasteiger partial charge in [-0.25, -0.2) is 0 Å². The molecule has 0 saturated heterocycles. The third kappa shape index (κ3) is 2.03. The summed E-state index contributed by atoms with van der Waals surface area (Å²) in [6, 6.07) is 23.5. The van der Waals surface area contributed by atoms with Crippen molar-refractivity contribution in [3.05, 3.63) is 96.7 Å². The highest BCUT2D eigenvalue weighted by atomic mass is 14.7. The molecule has 0 spiro atoms. The number of rotatable bonds is 3. The van der Waals surface area contributed by atoms with E-state index >= 15 is 0 Å². The van der Waals surface area contributed by atoms with Gasteiger partial charge in [0.05, 0.1) is 0 Å². The van der Waals surface area contributed by atoms with Gasteiger partial charge in [-0.05, 0) is 28.0 Å². The molecule has 0 aliphatic rings. The molecule has 4 aromatic rings. The fourth-order valence-corrected chi connectivity index (χ4v) is 3.20. The van der Waals surface area contributed by atoms with Crippen LogP contribution in [0.4, 0.5) is 0 Å². The number of hydrogen-bond donors (Lipinski definition) is 1. The van der Waals surface area contributed by atoms with Crippen LogP contribution in [-0.4, -0.2) is 4.98 Å². The van der Waals surface area contributed by atoms with E-state index in [0.29, 0.717) is 0 Å². The van der Waals surface area contributed by atoms with Gasteiger partial charge in [-0.2, -0.15) is 0 Å². The Bertz CT molecular complexity index is 962. The molecule has 1 heteroatoms. The number of allylic oxidation sites excluding steroid dienone is 1. The predicted octanol–water partition coefficient (Wildman–Crippen LogP) is 5.64. The van der Waals surface area contributed by atoms with Gasteiger partial charge in [-0.3, -0.25) is 0 Å². The zero-order valence-corrected chi connectivity index (χ0v) is 12.3. The van der Waals surface area contributed by atoms with E-state index in [0.717, 1.165) is 0 Å². The Kier molecular flexibility index (Phi) is 3.05. The Balaban J connectivity index is 1.88. The maximum absolute atomic E-state index is 4.07. The monoisotopic (exact) mass is 283 g/mol. The number of para-hydroxylation sites is 1. The largest absolute Gasteiger partial charge is 0.361 e. The van der Waals surface area contributed by atoms with E-state index in [1.807, 2.05) is 6.08 Å². The zero-order chi connectivity index (χ0) is 14.9. The second kappa shape index (κ2) is 5.19. The molecule has 3 aromatic carbocycles. The fourth-order valence-electron chi connectivity index (χ4n) is 3.20. The van der Waals surface area contributed by atoms with Crippen molar-refractivity contribution >= 4 is 21.7 Å². The van der Waals surface area contributed by atoms with E-state index in [1.165, 1.54) is 32.8 Å². The average molecular weight is 283 g/mol. The normalized spacial score (nSPS) is 12.5. The maximum Gasteiger partial charge on any atom is 0.0457 e. The first kappa shape index (κ1) is 12.9. The van der Waals surface area contributed by atoms with E-state index in [-0.39, 0.29) is 5.92 Å². The lowest BCUT2D eigenvalue weighted by molar-refractivity contribution is 1.05. The molecule has 0 fully saturated rings. The zero-order valence-electron chi connectivity index (χ0n) is 12.3. The minimum Gasteiger partial charge on any atom is -0.361 e. The van der Waals surface area contributed by atoms with Crippen molar-refractivity contribution in [2.75, 3.05) is 0 Å². The molecule has 0 amide bonds. The lowest BCUT2D eigenvalue weighted by Gasteiger charge is -2.13. The molecule has 1 heterocycles. The summed E-state index contributed by atoms with van der Waals surface area (Å²) in [6.45, 7) is 4.07. The molecule has 1 N–H and O–H groups in total. The minimum atomic E-state index is 0.195. The Hall–Kier alpha value is -2.80. The van der Waals surface area contributed by atoms with Crippen LogP contribution in [0.15, 0.2) is 85.6 Å². The van der Waals surface area contributed by atoms with Crippen LogP contribution >= 0.6 is 0 Å². The number of hydrogen-bond acceptors (Lipinski definition) is 0. The van der Waals surface area contributed by atoms with Crippen molar-refractivity contribution < 1.29 is 0 Å². The predicted molar refractivity (Wildman–Crippen MR) is 94.3 cm³/mol. The molecule has 1 nitrogen and oxygen atoms in total. The van der Waals surface area contributed by atoms with Crippen LogP contribution in [-0.2, 0) is 0 Å². The molecule has 1 unspecified atom stereocenters. The molecule has 22 heavy (non-hydrogen) atoms. The number of benzene rings is 3. The highest BCUT2D eigenvalue weighted by Gasteiger charge is 2.15. The molecular weight excluding hydrogens is 266 g/mol. The van der Waals surface area contributed by atoms with Crippen molar-refractivity contribution in [1.29, 1.82) is 0 Å². The number of nitrogens with one attached hydrogen (secondary N) is 1. The van der Waals surface area contributed by atoms with Crippen molar-refractivity contribution in [2.24, 2.45) is 0 Å². The van der Waals surface area contributed by atoms with Gasteiger partial charge in [-0.1, -0.05) is 66.7 Å². The van der Waals surface area contributed by atoms with E-state index in [4.69, 9.17) is 0 Å². The Labute approximate surface area is 129 Å². The highest BCUT2D eigenvalue weighted by Crippen LogP contribution is 2.33. The quantitative estimate of drug-likeness (QED) is 0.468. The van der Waals surface area contributed by atoms with Crippen molar-refractivity contribution in [1.82, 2.24) is 4.98 Å². The van der Waals surface area contributed by atoms with Gasteiger partial charge < -0.3 is 4.98 Å². The van der Waals surface area contributed by atoms with Crippen LogP contribution in [0, 0.1) is 0 Å². The summed E-state index contributed by atoms with van der Waals surface area (Å²) < 4.78 is 0. The van der Waals surface area contributed by atoms with Gasteiger partial charge in [0.2, 0.25) is 0 Å². The molecule has 4 rings (SSSR count). The number of H-pyrrole nitrogens is 1. The van der Waals surface area contributed by atoms with E-state index in [1.54, 1.807) is 0 Å². The summed E-state index contributed by atoms with van der Waals surface area (Å²) >= 11 is 0. The third-order valence-corrected chi connectivity index (χ3v) is 4.32. The number of aromatic amines is 1. The van der Waals surface area contributed by atoms with Crippen molar-refractivity contribution in [2.45, 2.75) is 5.92 Å². The van der Waals surface area contributed by atoms with Gasteiger partial charge in [-0.15, -0.1) is 6.58 Å². The Morgan fingerprint density at radius 2 is 1.64 bits per heavy atom. The number of aromatic nitrogens is 1. The summed E-state index contributed by atoms with van der Waals surface area (Å²) in [5.74, 6) is 0.195. The van der Waals surface area contributed by atoms with Crippen LogP contribution in [0.5, 0.6) is 0 Å². The lowest BCUT2D eigenvalue weighted by Crippen LogP contribution is -1.96. The second-order valence-electron chi connectivity index (χ2n) is 5.61. The van der Waals surface area contributed by atoms with Crippen LogP contribution in [0.2, 0.25) is 0 Å². The van der Waals surface area contributed by atoms with Gasteiger partial charge >= 0.3 is 0 Å². The maximum atomic E-state index is 4.07. The Morgan fingerprint density at radius 3 is 2.50 bits per heavy atom. The molecule has 1 aromatic heterocycles. The van der Waals surface area contributed by atoms with E-state index in [9.17, 15) is 0 Å². The standard InChI is InChI=1S/C21H17N/c1-2-18(20-14-22-21-10-6-5-9-19(20)21)17-12-11-15-7-3-4-8-16(15)13-17/h2-14,18,22H,1H2. The SMILES string of the molecule is C=CC(c1ccc2ccccc2c1)c1c[nH]c2ccccc12. The molecule has 0 bridgehead atoms.